The number of carbonyl (C=O) groups is 1. The van der Waals surface area contributed by atoms with Gasteiger partial charge in [0.05, 0.1) is 5.75 Å². The molecule has 0 heterocycles. The number of ketones is 1. The number of hydrogen-bond donors (Lipinski definition) is 1. The first kappa shape index (κ1) is 11.7. The van der Waals surface area contributed by atoms with Crippen molar-refractivity contribution >= 4 is 15.6 Å². The zero-order valence-corrected chi connectivity index (χ0v) is 9.27. The third-order valence-corrected chi connectivity index (χ3v) is 3.60. The maximum Gasteiger partial charge on any atom is 0.147 e. The molecule has 4 nitrogen and oxygen atoms in total. The van der Waals surface area contributed by atoms with E-state index in [4.69, 9.17) is 5.73 Å². The quantitative estimate of drug-likeness (QED) is 0.719. The molecule has 1 rings (SSSR count). The van der Waals surface area contributed by atoms with E-state index in [0.717, 1.165) is 25.5 Å². The molecule has 14 heavy (non-hydrogen) atoms. The highest BCUT2D eigenvalue weighted by Crippen LogP contribution is 2.32. The van der Waals surface area contributed by atoms with Crippen molar-refractivity contribution in [3.63, 3.8) is 0 Å². The van der Waals surface area contributed by atoms with Crippen molar-refractivity contribution in [2.75, 3.05) is 12.0 Å². The maximum absolute atomic E-state index is 11.4. The molecule has 5 heteroatoms. The van der Waals surface area contributed by atoms with Crippen LogP contribution in [0.15, 0.2) is 0 Å². The van der Waals surface area contributed by atoms with Crippen LogP contribution in [-0.2, 0) is 14.6 Å². The summed E-state index contributed by atoms with van der Waals surface area (Å²) >= 11 is 0. The van der Waals surface area contributed by atoms with E-state index in [1.807, 2.05) is 0 Å². The van der Waals surface area contributed by atoms with E-state index in [1.165, 1.54) is 0 Å². The minimum atomic E-state index is -3.03. The topological polar surface area (TPSA) is 77.2 Å². The number of hydrogen-bond acceptors (Lipinski definition) is 4. The first-order chi connectivity index (χ1) is 6.31. The van der Waals surface area contributed by atoms with Gasteiger partial charge in [0.2, 0.25) is 0 Å². The Morgan fingerprint density at radius 2 is 2.00 bits per heavy atom. The molecule has 0 aromatic heterocycles. The van der Waals surface area contributed by atoms with E-state index in [-0.39, 0.29) is 23.5 Å². The maximum atomic E-state index is 11.4. The Hall–Kier alpha value is -0.420. The summed E-state index contributed by atoms with van der Waals surface area (Å²) in [6, 6.07) is 0. The highest BCUT2D eigenvalue weighted by molar-refractivity contribution is 7.90. The van der Waals surface area contributed by atoms with Crippen molar-refractivity contribution in [3.8, 4) is 0 Å². The van der Waals surface area contributed by atoms with Gasteiger partial charge < -0.3 is 5.73 Å². The fraction of sp³-hybridized carbons (Fsp3) is 0.889. The third kappa shape index (κ3) is 3.75. The number of nitrogens with two attached hydrogens (primary N) is 1. The van der Waals surface area contributed by atoms with Crippen LogP contribution in [0.2, 0.25) is 0 Å². The molecule has 0 aliphatic heterocycles. The van der Waals surface area contributed by atoms with Crippen molar-refractivity contribution in [1.29, 1.82) is 0 Å². The minimum Gasteiger partial charge on any atom is -0.325 e. The predicted octanol–water partition coefficient (Wildman–Crippen LogP) is 0.262. The first-order valence-electron chi connectivity index (χ1n) is 4.79. The minimum absolute atomic E-state index is 0.0300. The van der Waals surface area contributed by atoms with Crippen LogP contribution in [0.1, 0.15) is 32.1 Å². The smallest absolute Gasteiger partial charge is 0.147 e. The van der Waals surface area contributed by atoms with Gasteiger partial charge in [-0.3, -0.25) is 4.79 Å². The molecule has 82 valence electrons. The van der Waals surface area contributed by atoms with E-state index < -0.39 is 9.84 Å². The molecule has 0 unspecified atom stereocenters. The molecule has 1 saturated carbocycles. The Kier molecular flexibility index (Phi) is 3.32. The lowest BCUT2D eigenvalue weighted by Crippen LogP contribution is -2.48. The number of Topliss-reactive ketones (excluding diaryl/α,β-unsaturated/α-hetero) is 1. The van der Waals surface area contributed by atoms with Crippen LogP contribution in [0.4, 0.5) is 0 Å². The number of carbonyl (C=O) groups excluding carboxylic acids is 1. The molecule has 0 amide bonds. The van der Waals surface area contributed by atoms with E-state index >= 15 is 0 Å². The molecule has 0 atom stereocenters. The van der Waals surface area contributed by atoms with E-state index in [0.29, 0.717) is 6.42 Å². The zero-order chi connectivity index (χ0) is 10.8. The molecule has 1 aliphatic rings. The van der Waals surface area contributed by atoms with Gasteiger partial charge in [0, 0.05) is 24.6 Å². The summed E-state index contributed by atoms with van der Waals surface area (Å²) in [6.45, 7) is 0. The van der Waals surface area contributed by atoms with Crippen LogP contribution in [0.25, 0.3) is 0 Å². The molecule has 1 fully saturated rings. The second-order valence-corrected chi connectivity index (χ2v) is 6.57. The SMILES string of the molecule is CS(=O)(=O)CCC(=O)CC1(N)CCC1. The summed E-state index contributed by atoms with van der Waals surface area (Å²) in [5.41, 5.74) is 5.55. The lowest BCUT2D eigenvalue weighted by atomic mass is 9.74. The van der Waals surface area contributed by atoms with Gasteiger partial charge in [-0.05, 0) is 19.3 Å². The molecular weight excluding hydrogens is 202 g/mol. The molecule has 0 spiro atoms. The van der Waals surface area contributed by atoms with Crippen LogP contribution in [0.5, 0.6) is 0 Å². The summed E-state index contributed by atoms with van der Waals surface area (Å²) in [6.07, 6.45) is 4.44. The Morgan fingerprint density at radius 3 is 2.36 bits per heavy atom. The van der Waals surface area contributed by atoms with Crippen LogP contribution in [0.3, 0.4) is 0 Å². The Bertz CT molecular complexity index is 317. The molecule has 2 N–H and O–H groups in total. The highest BCUT2D eigenvalue weighted by atomic mass is 32.2. The van der Waals surface area contributed by atoms with Crippen LogP contribution >= 0.6 is 0 Å². The Labute approximate surface area is 84.8 Å². The summed E-state index contributed by atoms with van der Waals surface area (Å²) in [4.78, 5) is 11.4. The van der Waals surface area contributed by atoms with Gasteiger partial charge in [0.1, 0.15) is 15.6 Å². The van der Waals surface area contributed by atoms with Crippen molar-refractivity contribution in [3.05, 3.63) is 0 Å². The second-order valence-electron chi connectivity index (χ2n) is 4.31. The third-order valence-electron chi connectivity index (χ3n) is 2.65. The molecule has 0 aromatic carbocycles. The van der Waals surface area contributed by atoms with E-state index in [9.17, 15) is 13.2 Å². The van der Waals surface area contributed by atoms with E-state index in [2.05, 4.69) is 0 Å². The van der Waals surface area contributed by atoms with Gasteiger partial charge in [-0.1, -0.05) is 0 Å². The first-order valence-corrected chi connectivity index (χ1v) is 6.85. The van der Waals surface area contributed by atoms with Crippen LogP contribution in [-0.4, -0.2) is 31.7 Å². The number of rotatable bonds is 5. The normalized spacial score (nSPS) is 20.1. The van der Waals surface area contributed by atoms with Gasteiger partial charge in [0.15, 0.2) is 0 Å². The molecule has 0 saturated heterocycles. The second kappa shape index (κ2) is 3.98. The number of sulfone groups is 1. The fourth-order valence-electron chi connectivity index (χ4n) is 1.59. The van der Waals surface area contributed by atoms with Gasteiger partial charge in [0.25, 0.3) is 0 Å². The molecule has 0 radical (unpaired) electrons. The standard InChI is InChI=1S/C9H17NO3S/c1-14(12,13)6-3-8(11)7-9(10)4-2-5-9/h2-7,10H2,1H3. The van der Waals surface area contributed by atoms with Gasteiger partial charge >= 0.3 is 0 Å². The van der Waals surface area contributed by atoms with Crippen molar-refractivity contribution in [1.82, 2.24) is 0 Å². The van der Waals surface area contributed by atoms with Gasteiger partial charge in [-0.15, -0.1) is 0 Å². The van der Waals surface area contributed by atoms with Crippen molar-refractivity contribution < 1.29 is 13.2 Å². The highest BCUT2D eigenvalue weighted by Gasteiger charge is 2.34. The van der Waals surface area contributed by atoms with Gasteiger partial charge in [-0.2, -0.15) is 0 Å². The summed E-state index contributed by atoms with van der Waals surface area (Å²) in [7, 11) is -3.03. The molecule has 0 bridgehead atoms. The lowest BCUT2D eigenvalue weighted by Gasteiger charge is -2.37. The molecule has 1 aliphatic carbocycles. The average molecular weight is 219 g/mol. The lowest BCUT2D eigenvalue weighted by molar-refractivity contribution is -0.120. The monoisotopic (exact) mass is 219 g/mol. The Morgan fingerprint density at radius 1 is 1.43 bits per heavy atom. The summed E-state index contributed by atoms with van der Waals surface area (Å²) < 4.78 is 21.6. The molecular formula is C9H17NO3S. The average Bonchev–Trinajstić information content (AvgIpc) is 1.97. The predicted molar refractivity (Wildman–Crippen MR) is 54.7 cm³/mol. The summed E-state index contributed by atoms with van der Waals surface area (Å²) in [5, 5.41) is 0. The van der Waals surface area contributed by atoms with Crippen LogP contribution in [0, 0.1) is 0 Å². The fourth-order valence-corrected chi connectivity index (χ4v) is 2.19. The molecule has 0 aromatic rings. The zero-order valence-electron chi connectivity index (χ0n) is 8.45. The van der Waals surface area contributed by atoms with E-state index in [1.54, 1.807) is 0 Å². The Balaban J connectivity index is 2.29. The van der Waals surface area contributed by atoms with Crippen LogP contribution < -0.4 is 5.73 Å². The van der Waals surface area contributed by atoms with Crippen molar-refractivity contribution in [2.45, 2.75) is 37.6 Å². The van der Waals surface area contributed by atoms with Crippen molar-refractivity contribution in [2.24, 2.45) is 5.73 Å². The largest absolute Gasteiger partial charge is 0.325 e. The summed E-state index contributed by atoms with van der Waals surface area (Å²) in [5.74, 6) is -0.0836. The van der Waals surface area contributed by atoms with Gasteiger partial charge in [-0.25, -0.2) is 8.42 Å².